The molecule has 2 rings (SSSR count). The van der Waals surface area contributed by atoms with Gasteiger partial charge in [0.2, 0.25) is 0 Å². The molecule has 108 valence electrons. The number of hydrogen-bond donors (Lipinski definition) is 1. The Balaban J connectivity index is 2.40. The Labute approximate surface area is 125 Å². The van der Waals surface area contributed by atoms with Crippen molar-refractivity contribution in [3.05, 3.63) is 84.3 Å². The van der Waals surface area contributed by atoms with E-state index in [1.807, 2.05) is 60.7 Å². The zero-order chi connectivity index (χ0) is 15.1. The summed E-state index contributed by atoms with van der Waals surface area (Å²) in [5.74, 6) is 0.278. The van der Waals surface area contributed by atoms with E-state index >= 15 is 0 Å². The molecule has 0 saturated heterocycles. The van der Waals surface area contributed by atoms with Crippen molar-refractivity contribution in [2.75, 3.05) is 7.11 Å². The Kier molecular flexibility index (Phi) is 5.16. The number of nitrogens with one attached hydrogen (secondary N) is 1. The predicted octanol–water partition coefficient (Wildman–Crippen LogP) is 3.09. The van der Waals surface area contributed by atoms with E-state index in [0.29, 0.717) is 5.88 Å². The van der Waals surface area contributed by atoms with Crippen LogP contribution in [-0.4, -0.2) is 19.4 Å². The van der Waals surface area contributed by atoms with Gasteiger partial charge in [0.05, 0.1) is 13.2 Å². The van der Waals surface area contributed by atoms with E-state index in [4.69, 9.17) is 4.74 Å². The van der Waals surface area contributed by atoms with E-state index in [9.17, 15) is 4.79 Å². The number of ether oxygens (including phenoxy) is 1. The van der Waals surface area contributed by atoms with E-state index in [1.54, 1.807) is 0 Å². The number of benzene rings is 2. The second-order valence-electron chi connectivity index (χ2n) is 4.73. The van der Waals surface area contributed by atoms with Crippen molar-refractivity contribution in [2.45, 2.75) is 12.0 Å². The lowest BCUT2D eigenvalue weighted by Gasteiger charge is -2.26. The van der Waals surface area contributed by atoms with Crippen LogP contribution in [0.3, 0.4) is 0 Å². The van der Waals surface area contributed by atoms with Crippen LogP contribution in [-0.2, 0) is 9.53 Å². The highest BCUT2D eigenvalue weighted by Gasteiger charge is 2.24. The molecule has 1 unspecified atom stereocenters. The van der Waals surface area contributed by atoms with Gasteiger partial charge in [-0.3, -0.25) is 0 Å². The topological polar surface area (TPSA) is 38.3 Å². The maximum Gasteiger partial charge on any atom is 0.179 e. The average molecular weight is 281 g/mol. The molecule has 0 amide bonds. The highest BCUT2D eigenvalue weighted by molar-refractivity contribution is 5.62. The molecular formula is C18H19NO2. The van der Waals surface area contributed by atoms with Crippen molar-refractivity contribution in [3.63, 3.8) is 0 Å². The molecule has 0 aliphatic carbocycles. The summed E-state index contributed by atoms with van der Waals surface area (Å²) < 4.78 is 5.04. The number of carbonyl (C=O) groups excluding carboxylic acids is 1. The highest BCUT2D eigenvalue weighted by Crippen LogP contribution is 2.27. The van der Waals surface area contributed by atoms with Crippen LogP contribution in [0, 0.1) is 0 Å². The first-order valence-electron chi connectivity index (χ1n) is 6.81. The second-order valence-corrected chi connectivity index (χ2v) is 4.73. The van der Waals surface area contributed by atoms with Crippen molar-refractivity contribution in [1.29, 1.82) is 0 Å². The zero-order valence-corrected chi connectivity index (χ0v) is 12.0. The van der Waals surface area contributed by atoms with E-state index < -0.39 is 6.04 Å². The Morgan fingerprint density at radius 3 is 1.90 bits per heavy atom. The molecule has 0 spiro atoms. The summed E-state index contributed by atoms with van der Waals surface area (Å²) in [7, 11) is 1.53. The maximum absolute atomic E-state index is 11.6. The van der Waals surface area contributed by atoms with Gasteiger partial charge in [-0.15, -0.1) is 0 Å². The fourth-order valence-corrected chi connectivity index (χ4v) is 2.37. The molecule has 2 aromatic carbocycles. The molecule has 0 saturated carbocycles. The minimum atomic E-state index is -0.442. The van der Waals surface area contributed by atoms with E-state index in [-0.39, 0.29) is 5.92 Å². The lowest BCUT2D eigenvalue weighted by atomic mass is 9.85. The van der Waals surface area contributed by atoms with Gasteiger partial charge in [-0.2, -0.15) is 0 Å². The Morgan fingerprint density at radius 2 is 1.52 bits per heavy atom. The summed E-state index contributed by atoms with van der Waals surface area (Å²) in [5, 5.41) is 3.03. The van der Waals surface area contributed by atoms with E-state index in [0.717, 1.165) is 17.4 Å². The normalized spacial score (nSPS) is 11.7. The minimum Gasteiger partial charge on any atom is -0.483 e. The zero-order valence-electron chi connectivity index (χ0n) is 12.0. The van der Waals surface area contributed by atoms with Crippen LogP contribution in [0.2, 0.25) is 0 Å². The maximum atomic E-state index is 11.6. The number of methoxy groups -OCH3 is 1. The van der Waals surface area contributed by atoms with Crippen LogP contribution in [0.25, 0.3) is 0 Å². The summed E-state index contributed by atoms with van der Waals surface area (Å²) in [6, 6.07) is 19.4. The molecule has 0 aromatic heterocycles. The molecule has 1 atom stereocenters. The fraction of sp³-hybridized carbons (Fsp3) is 0.167. The molecule has 3 nitrogen and oxygen atoms in total. The van der Waals surface area contributed by atoms with Gasteiger partial charge in [-0.1, -0.05) is 60.7 Å². The molecule has 21 heavy (non-hydrogen) atoms. The predicted molar refractivity (Wildman–Crippen MR) is 83.9 cm³/mol. The number of rotatable bonds is 7. The van der Waals surface area contributed by atoms with Crippen molar-refractivity contribution >= 4 is 6.29 Å². The molecule has 0 bridgehead atoms. The van der Waals surface area contributed by atoms with Gasteiger partial charge in [0.1, 0.15) is 6.29 Å². The molecule has 0 fully saturated rings. The molecule has 0 aliphatic heterocycles. The Morgan fingerprint density at radius 1 is 1.05 bits per heavy atom. The minimum absolute atomic E-state index is 0.100. The molecule has 2 aromatic rings. The van der Waals surface area contributed by atoms with Crippen LogP contribution in [0.5, 0.6) is 0 Å². The quantitative estimate of drug-likeness (QED) is 0.626. The summed E-state index contributed by atoms with van der Waals surface area (Å²) in [6.07, 6.45) is 0.898. The third-order valence-electron chi connectivity index (χ3n) is 3.40. The van der Waals surface area contributed by atoms with Crippen LogP contribution < -0.4 is 5.32 Å². The van der Waals surface area contributed by atoms with Gasteiger partial charge >= 0.3 is 0 Å². The summed E-state index contributed by atoms with van der Waals surface area (Å²) >= 11 is 0. The largest absolute Gasteiger partial charge is 0.483 e. The lowest BCUT2D eigenvalue weighted by molar-refractivity contribution is -0.109. The smallest absolute Gasteiger partial charge is 0.179 e. The van der Waals surface area contributed by atoms with Crippen molar-refractivity contribution in [3.8, 4) is 0 Å². The summed E-state index contributed by atoms with van der Waals surface area (Å²) in [5.41, 5.74) is 2.13. The first-order chi connectivity index (χ1) is 10.3. The first-order valence-corrected chi connectivity index (χ1v) is 6.81. The van der Waals surface area contributed by atoms with Crippen molar-refractivity contribution in [1.82, 2.24) is 5.32 Å². The summed E-state index contributed by atoms with van der Waals surface area (Å²) in [6.45, 7) is 3.74. The van der Waals surface area contributed by atoms with E-state index in [2.05, 4.69) is 11.9 Å². The van der Waals surface area contributed by atoms with Gasteiger partial charge in [-0.25, -0.2) is 0 Å². The molecule has 1 N–H and O–H groups in total. The van der Waals surface area contributed by atoms with Gasteiger partial charge in [0, 0.05) is 5.92 Å². The fourth-order valence-electron chi connectivity index (χ4n) is 2.37. The average Bonchev–Trinajstić information content (AvgIpc) is 2.56. The number of hydrogen-bond acceptors (Lipinski definition) is 3. The Bertz CT molecular complexity index is 541. The van der Waals surface area contributed by atoms with Crippen LogP contribution >= 0.6 is 0 Å². The lowest BCUT2D eigenvalue weighted by Crippen LogP contribution is -2.36. The van der Waals surface area contributed by atoms with Gasteiger partial charge in [0.25, 0.3) is 0 Å². The first kappa shape index (κ1) is 14.9. The van der Waals surface area contributed by atoms with E-state index in [1.165, 1.54) is 7.11 Å². The van der Waals surface area contributed by atoms with Crippen LogP contribution in [0.4, 0.5) is 0 Å². The van der Waals surface area contributed by atoms with Crippen LogP contribution in [0.15, 0.2) is 73.1 Å². The number of carbonyl (C=O) groups is 1. The molecule has 3 heteroatoms. The SMILES string of the molecule is C=C(NC(C=O)C(c1ccccc1)c1ccccc1)OC. The second kappa shape index (κ2) is 7.29. The van der Waals surface area contributed by atoms with Crippen molar-refractivity contribution in [2.24, 2.45) is 0 Å². The Hall–Kier alpha value is -2.55. The highest BCUT2D eigenvalue weighted by atomic mass is 16.5. The third kappa shape index (κ3) is 3.72. The number of aldehydes is 1. The van der Waals surface area contributed by atoms with Gasteiger partial charge < -0.3 is 14.8 Å². The van der Waals surface area contributed by atoms with Crippen molar-refractivity contribution < 1.29 is 9.53 Å². The monoisotopic (exact) mass is 281 g/mol. The standard InChI is InChI=1S/C18H19NO2/c1-14(21-2)19-17(13-20)18(15-9-5-3-6-10-15)16-11-7-4-8-12-16/h3-13,17-19H,1H2,2H3. The summed E-state index contributed by atoms with van der Waals surface area (Å²) in [4.78, 5) is 11.6. The van der Waals surface area contributed by atoms with Gasteiger partial charge in [0.15, 0.2) is 5.88 Å². The molecule has 0 heterocycles. The van der Waals surface area contributed by atoms with Crippen LogP contribution in [0.1, 0.15) is 17.0 Å². The van der Waals surface area contributed by atoms with Gasteiger partial charge in [-0.05, 0) is 17.7 Å². The molecule has 0 aliphatic rings. The molecular weight excluding hydrogens is 262 g/mol. The third-order valence-corrected chi connectivity index (χ3v) is 3.40. The molecule has 0 radical (unpaired) electrons.